The number of aromatic hydroxyl groups is 1. The minimum atomic E-state index is -0.730. The Morgan fingerprint density at radius 2 is 1.92 bits per heavy atom. The van der Waals surface area contributed by atoms with Gasteiger partial charge in [-0.05, 0) is 42.5 Å². The molecule has 1 aromatic carbocycles. The first-order valence-electron chi connectivity index (χ1n) is 7.98. The molecular formula is C18H19F2N3O2. The lowest BCUT2D eigenvalue weighted by atomic mass is 9.67. The van der Waals surface area contributed by atoms with Crippen molar-refractivity contribution in [1.29, 1.82) is 0 Å². The van der Waals surface area contributed by atoms with Crippen LogP contribution in [-0.2, 0) is 0 Å². The molecule has 3 rings (SSSR count). The molecule has 0 radical (unpaired) electrons. The van der Waals surface area contributed by atoms with E-state index in [1.807, 2.05) is 0 Å². The zero-order valence-corrected chi connectivity index (χ0v) is 13.9. The lowest BCUT2D eigenvalue weighted by molar-refractivity contribution is 0.0725. The molecule has 1 aliphatic carbocycles. The van der Waals surface area contributed by atoms with Gasteiger partial charge in [0.1, 0.15) is 23.2 Å². The van der Waals surface area contributed by atoms with Crippen molar-refractivity contribution >= 4 is 17.4 Å². The van der Waals surface area contributed by atoms with E-state index < -0.39 is 17.5 Å². The molecule has 5 nitrogen and oxygen atoms in total. The summed E-state index contributed by atoms with van der Waals surface area (Å²) in [5.74, 6) is -2.01. The van der Waals surface area contributed by atoms with Gasteiger partial charge < -0.3 is 15.7 Å². The Morgan fingerprint density at radius 3 is 2.48 bits per heavy atom. The number of carbonyl (C=O) groups excluding carboxylic acids is 1. The van der Waals surface area contributed by atoms with E-state index in [0.717, 1.165) is 31.0 Å². The van der Waals surface area contributed by atoms with Crippen molar-refractivity contribution in [2.45, 2.75) is 32.7 Å². The molecule has 3 N–H and O–H groups in total. The zero-order chi connectivity index (χ0) is 18.2. The summed E-state index contributed by atoms with van der Waals surface area (Å²) in [6.07, 6.45) is 1.89. The Balaban J connectivity index is 1.79. The second-order valence-electron chi connectivity index (χ2n) is 6.90. The lowest BCUT2D eigenvalue weighted by Crippen LogP contribution is -2.52. The SMILES string of the molecule is CC1(C)CCC1NC(=O)c1nc(Nc2cc(F)cc(F)c2)ccc1O. The van der Waals surface area contributed by atoms with E-state index in [-0.39, 0.29) is 34.4 Å². The highest BCUT2D eigenvalue weighted by atomic mass is 19.1. The number of aromatic nitrogens is 1. The van der Waals surface area contributed by atoms with Gasteiger partial charge in [0.25, 0.3) is 5.91 Å². The van der Waals surface area contributed by atoms with Crippen molar-refractivity contribution in [2.75, 3.05) is 5.32 Å². The number of halogens is 2. The topological polar surface area (TPSA) is 74.2 Å². The monoisotopic (exact) mass is 347 g/mol. The maximum Gasteiger partial charge on any atom is 0.274 e. The van der Waals surface area contributed by atoms with Crippen LogP contribution >= 0.6 is 0 Å². The molecule has 2 aromatic rings. The molecule has 1 atom stereocenters. The summed E-state index contributed by atoms with van der Waals surface area (Å²) in [6, 6.07) is 5.72. The highest BCUT2D eigenvalue weighted by molar-refractivity contribution is 5.95. The molecule has 0 saturated heterocycles. The van der Waals surface area contributed by atoms with Crippen LogP contribution in [0.1, 0.15) is 37.2 Å². The van der Waals surface area contributed by atoms with E-state index in [0.29, 0.717) is 0 Å². The van der Waals surface area contributed by atoms with Gasteiger partial charge in [-0.1, -0.05) is 13.8 Å². The second kappa shape index (κ2) is 6.31. The maximum absolute atomic E-state index is 13.3. The third-order valence-electron chi connectivity index (χ3n) is 4.55. The summed E-state index contributed by atoms with van der Waals surface area (Å²) >= 11 is 0. The molecule has 0 aliphatic heterocycles. The van der Waals surface area contributed by atoms with Gasteiger partial charge in [-0.3, -0.25) is 4.79 Å². The van der Waals surface area contributed by atoms with Gasteiger partial charge in [0, 0.05) is 17.8 Å². The van der Waals surface area contributed by atoms with E-state index >= 15 is 0 Å². The van der Waals surface area contributed by atoms with Crippen LogP contribution in [0, 0.1) is 17.0 Å². The van der Waals surface area contributed by atoms with Crippen LogP contribution in [0.5, 0.6) is 5.75 Å². The summed E-state index contributed by atoms with van der Waals surface area (Å²) in [4.78, 5) is 16.5. The predicted molar refractivity (Wildman–Crippen MR) is 89.8 cm³/mol. The number of nitrogens with one attached hydrogen (secondary N) is 2. The molecular weight excluding hydrogens is 328 g/mol. The first kappa shape index (κ1) is 17.1. The fourth-order valence-electron chi connectivity index (χ4n) is 2.82. The van der Waals surface area contributed by atoms with E-state index in [4.69, 9.17) is 0 Å². The molecule has 1 saturated carbocycles. The number of carbonyl (C=O) groups is 1. The highest BCUT2D eigenvalue weighted by Gasteiger charge is 2.39. The smallest absolute Gasteiger partial charge is 0.274 e. The average molecular weight is 347 g/mol. The Hall–Kier alpha value is -2.70. The molecule has 25 heavy (non-hydrogen) atoms. The van der Waals surface area contributed by atoms with Crippen molar-refractivity contribution in [3.05, 3.63) is 47.7 Å². The van der Waals surface area contributed by atoms with Crippen molar-refractivity contribution < 1.29 is 18.7 Å². The molecule has 1 aliphatic rings. The number of hydrogen-bond donors (Lipinski definition) is 3. The third-order valence-corrected chi connectivity index (χ3v) is 4.55. The standard InChI is InChI=1S/C18H19F2N3O2/c1-18(2)6-5-14(18)22-17(25)16-13(24)3-4-15(23-16)21-12-8-10(19)7-11(20)9-12/h3-4,7-9,14,24H,5-6H2,1-2H3,(H,21,23)(H,22,25). The van der Waals surface area contributed by atoms with Gasteiger partial charge in [-0.15, -0.1) is 0 Å². The number of hydrogen-bond acceptors (Lipinski definition) is 4. The number of nitrogens with zero attached hydrogens (tertiary/aromatic N) is 1. The lowest BCUT2D eigenvalue weighted by Gasteiger charge is -2.44. The first-order chi connectivity index (χ1) is 11.7. The zero-order valence-electron chi connectivity index (χ0n) is 13.9. The fraction of sp³-hybridized carbons (Fsp3) is 0.333. The van der Waals surface area contributed by atoms with Crippen LogP contribution in [-0.4, -0.2) is 22.0 Å². The van der Waals surface area contributed by atoms with Crippen LogP contribution in [0.15, 0.2) is 30.3 Å². The number of anilines is 2. The summed E-state index contributed by atoms with van der Waals surface area (Å²) in [7, 11) is 0. The summed E-state index contributed by atoms with van der Waals surface area (Å²) < 4.78 is 26.5. The molecule has 7 heteroatoms. The Morgan fingerprint density at radius 1 is 1.24 bits per heavy atom. The Bertz CT molecular complexity index is 804. The summed E-state index contributed by atoms with van der Waals surface area (Å²) in [5, 5.41) is 15.5. The number of pyridine rings is 1. The Kier molecular flexibility index (Phi) is 4.32. The number of rotatable bonds is 4. The van der Waals surface area contributed by atoms with E-state index in [9.17, 15) is 18.7 Å². The third kappa shape index (κ3) is 3.70. The molecule has 1 amide bonds. The van der Waals surface area contributed by atoms with Crippen LogP contribution in [0.3, 0.4) is 0 Å². The molecule has 1 aromatic heterocycles. The van der Waals surface area contributed by atoms with E-state index in [1.54, 1.807) is 0 Å². The van der Waals surface area contributed by atoms with Gasteiger partial charge >= 0.3 is 0 Å². The predicted octanol–water partition coefficient (Wildman–Crippen LogP) is 3.73. The first-order valence-corrected chi connectivity index (χ1v) is 7.98. The summed E-state index contributed by atoms with van der Waals surface area (Å²) in [6.45, 7) is 4.12. The van der Waals surface area contributed by atoms with Gasteiger partial charge in [0.05, 0.1) is 0 Å². The quantitative estimate of drug-likeness (QED) is 0.788. The Labute approximate surface area is 144 Å². The molecule has 1 heterocycles. The van der Waals surface area contributed by atoms with E-state index in [1.165, 1.54) is 12.1 Å². The number of benzene rings is 1. The van der Waals surface area contributed by atoms with Crippen LogP contribution in [0.2, 0.25) is 0 Å². The van der Waals surface area contributed by atoms with Gasteiger partial charge in [-0.25, -0.2) is 13.8 Å². The molecule has 1 unspecified atom stereocenters. The minimum Gasteiger partial charge on any atom is -0.505 e. The van der Waals surface area contributed by atoms with Crippen molar-refractivity contribution in [3.63, 3.8) is 0 Å². The van der Waals surface area contributed by atoms with Crippen LogP contribution in [0.25, 0.3) is 0 Å². The molecule has 1 fully saturated rings. The molecule has 0 bridgehead atoms. The van der Waals surface area contributed by atoms with Crippen molar-refractivity contribution in [3.8, 4) is 5.75 Å². The van der Waals surface area contributed by atoms with Crippen molar-refractivity contribution in [1.82, 2.24) is 10.3 Å². The van der Waals surface area contributed by atoms with E-state index in [2.05, 4.69) is 29.5 Å². The molecule has 132 valence electrons. The van der Waals surface area contributed by atoms with Gasteiger partial charge in [0.15, 0.2) is 5.69 Å². The number of amides is 1. The minimum absolute atomic E-state index is 0.0141. The van der Waals surface area contributed by atoms with Crippen molar-refractivity contribution in [2.24, 2.45) is 5.41 Å². The van der Waals surface area contributed by atoms with Gasteiger partial charge in [-0.2, -0.15) is 0 Å². The fourth-order valence-corrected chi connectivity index (χ4v) is 2.82. The maximum atomic E-state index is 13.3. The second-order valence-corrected chi connectivity index (χ2v) is 6.90. The normalized spacial score (nSPS) is 18.3. The van der Waals surface area contributed by atoms with Crippen LogP contribution in [0.4, 0.5) is 20.3 Å². The average Bonchev–Trinajstić information content (AvgIpc) is 2.52. The molecule has 0 spiro atoms. The van der Waals surface area contributed by atoms with Crippen LogP contribution < -0.4 is 10.6 Å². The largest absolute Gasteiger partial charge is 0.505 e. The van der Waals surface area contributed by atoms with Gasteiger partial charge in [0.2, 0.25) is 0 Å². The highest BCUT2D eigenvalue weighted by Crippen LogP contribution is 2.40. The summed E-state index contributed by atoms with van der Waals surface area (Å²) in [5.41, 5.74) is 0.0343.